The first kappa shape index (κ1) is 21.4. The molecule has 0 radical (unpaired) electrons. The molecule has 1 aliphatic heterocycles. The third kappa shape index (κ3) is 4.88. The molecule has 2 heterocycles. The first-order chi connectivity index (χ1) is 15.5. The summed E-state index contributed by atoms with van der Waals surface area (Å²) in [6.07, 6.45) is 0.975. The largest absolute Gasteiger partial charge is 0.497 e. The Morgan fingerprint density at radius 3 is 2.66 bits per heavy atom. The van der Waals surface area contributed by atoms with Crippen LogP contribution in [-0.4, -0.2) is 59.0 Å². The summed E-state index contributed by atoms with van der Waals surface area (Å²) in [7, 11) is 1.59. The first-order valence-corrected chi connectivity index (χ1v) is 10.5. The molecule has 9 nitrogen and oxygen atoms in total. The van der Waals surface area contributed by atoms with Gasteiger partial charge in [-0.1, -0.05) is 24.3 Å². The van der Waals surface area contributed by atoms with Gasteiger partial charge in [0.15, 0.2) is 0 Å². The number of imide groups is 1. The predicted octanol–water partition coefficient (Wildman–Crippen LogP) is 1.78. The van der Waals surface area contributed by atoms with Crippen molar-refractivity contribution in [1.82, 2.24) is 25.5 Å². The van der Waals surface area contributed by atoms with Crippen LogP contribution in [0.5, 0.6) is 5.75 Å². The van der Waals surface area contributed by atoms with Crippen molar-refractivity contribution in [1.29, 1.82) is 0 Å². The van der Waals surface area contributed by atoms with Crippen LogP contribution in [0.3, 0.4) is 0 Å². The van der Waals surface area contributed by atoms with Gasteiger partial charge in [0.2, 0.25) is 5.91 Å². The third-order valence-electron chi connectivity index (χ3n) is 5.40. The van der Waals surface area contributed by atoms with E-state index in [-0.39, 0.29) is 24.8 Å². The van der Waals surface area contributed by atoms with Crippen molar-refractivity contribution in [3.8, 4) is 5.75 Å². The summed E-state index contributed by atoms with van der Waals surface area (Å²) in [6.45, 7) is 0.635. The molecule has 4 amide bonds. The minimum atomic E-state index is -0.843. The van der Waals surface area contributed by atoms with Gasteiger partial charge in [-0.2, -0.15) is 0 Å². The highest BCUT2D eigenvalue weighted by Gasteiger charge is 2.38. The number of imidazole rings is 1. The number of benzene rings is 2. The van der Waals surface area contributed by atoms with Gasteiger partial charge in [-0.25, -0.2) is 9.78 Å². The van der Waals surface area contributed by atoms with Crippen LogP contribution in [0.25, 0.3) is 11.0 Å². The van der Waals surface area contributed by atoms with Gasteiger partial charge in [0.25, 0.3) is 5.91 Å². The van der Waals surface area contributed by atoms with Crippen molar-refractivity contribution in [2.24, 2.45) is 0 Å². The lowest BCUT2D eigenvalue weighted by Gasteiger charge is -2.13. The van der Waals surface area contributed by atoms with Crippen LogP contribution in [0.2, 0.25) is 0 Å². The SMILES string of the molecule is COc1ccc(CCN2C(=O)N[C@H](CC(=O)NCCc3nc4ccccc4[nH]3)C2=O)cc1. The summed E-state index contributed by atoms with van der Waals surface area (Å²) in [6, 6.07) is 13.9. The molecule has 3 aromatic rings. The van der Waals surface area contributed by atoms with E-state index in [1.54, 1.807) is 7.11 Å². The summed E-state index contributed by atoms with van der Waals surface area (Å²) >= 11 is 0. The third-order valence-corrected chi connectivity index (χ3v) is 5.40. The van der Waals surface area contributed by atoms with Crippen LogP contribution in [0.4, 0.5) is 4.79 Å². The van der Waals surface area contributed by atoms with Crippen molar-refractivity contribution in [2.75, 3.05) is 20.2 Å². The van der Waals surface area contributed by atoms with Crippen LogP contribution in [0.1, 0.15) is 17.8 Å². The number of H-pyrrole nitrogens is 1. The maximum absolute atomic E-state index is 12.6. The number of fused-ring (bicyclic) bond motifs is 1. The predicted molar refractivity (Wildman–Crippen MR) is 118 cm³/mol. The number of methoxy groups -OCH3 is 1. The van der Waals surface area contributed by atoms with Gasteiger partial charge >= 0.3 is 6.03 Å². The lowest BCUT2D eigenvalue weighted by molar-refractivity contribution is -0.130. The average Bonchev–Trinajstić information content (AvgIpc) is 3.32. The number of nitrogens with one attached hydrogen (secondary N) is 3. The van der Waals surface area contributed by atoms with Crippen molar-refractivity contribution in [3.63, 3.8) is 0 Å². The highest BCUT2D eigenvalue weighted by atomic mass is 16.5. The van der Waals surface area contributed by atoms with Crippen LogP contribution < -0.4 is 15.4 Å². The van der Waals surface area contributed by atoms with E-state index in [0.717, 1.165) is 33.1 Å². The number of amides is 4. The van der Waals surface area contributed by atoms with E-state index in [1.165, 1.54) is 0 Å². The van der Waals surface area contributed by atoms with Gasteiger partial charge in [-0.3, -0.25) is 14.5 Å². The Balaban J connectivity index is 1.23. The number of nitrogens with zero attached hydrogens (tertiary/aromatic N) is 2. The molecule has 0 bridgehead atoms. The molecule has 1 aliphatic rings. The number of hydrogen-bond acceptors (Lipinski definition) is 5. The number of rotatable bonds is 9. The maximum atomic E-state index is 12.6. The fourth-order valence-electron chi connectivity index (χ4n) is 3.66. The Morgan fingerprint density at radius 1 is 1.12 bits per heavy atom. The highest BCUT2D eigenvalue weighted by Crippen LogP contribution is 2.15. The molecule has 1 atom stereocenters. The quantitative estimate of drug-likeness (QED) is 0.443. The van der Waals surface area contributed by atoms with Gasteiger partial charge in [0, 0.05) is 19.5 Å². The number of aromatic amines is 1. The number of carbonyl (C=O) groups is 3. The monoisotopic (exact) mass is 435 g/mol. The Bertz CT molecular complexity index is 1090. The second-order valence-electron chi connectivity index (χ2n) is 7.59. The van der Waals surface area contributed by atoms with E-state index in [1.807, 2.05) is 48.5 Å². The zero-order valence-electron chi connectivity index (χ0n) is 17.8. The fraction of sp³-hybridized carbons (Fsp3) is 0.304. The number of hydrogen-bond donors (Lipinski definition) is 3. The zero-order valence-corrected chi connectivity index (χ0v) is 17.8. The van der Waals surface area contributed by atoms with Crippen molar-refractivity contribution in [3.05, 3.63) is 59.9 Å². The molecule has 1 aromatic heterocycles. The summed E-state index contributed by atoms with van der Waals surface area (Å²) in [5, 5.41) is 5.39. The van der Waals surface area contributed by atoms with E-state index in [4.69, 9.17) is 4.74 Å². The van der Waals surface area contributed by atoms with Crippen LogP contribution in [0.15, 0.2) is 48.5 Å². The Morgan fingerprint density at radius 2 is 1.91 bits per heavy atom. The first-order valence-electron chi connectivity index (χ1n) is 10.5. The molecule has 4 rings (SSSR count). The van der Waals surface area contributed by atoms with E-state index in [9.17, 15) is 14.4 Å². The van der Waals surface area contributed by atoms with Crippen molar-refractivity contribution < 1.29 is 19.1 Å². The van der Waals surface area contributed by atoms with Gasteiger partial charge in [-0.05, 0) is 36.2 Å². The van der Waals surface area contributed by atoms with Crippen LogP contribution in [0, 0.1) is 0 Å². The summed E-state index contributed by atoms with van der Waals surface area (Å²) < 4.78 is 5.13. The van der Waals surface area contributed by atoms with Gasteiger partial charge in [-0.15, -0.1) is 0 Å². The lowest BCUT2D eigenvalue weighted by Crippen LogP contribution is -2.37. The minimum absolute atomic E-state index is 0.0935. The smallest absolute Gasteiger partial charge is 0.324 e. The maximum Gasteiger partial charge on any atom is 0.324 e. The number of carbonyl (C=O) groups excluding carboxylic acids is 3. The zero-order chi connectivity index (χ0) is 22.5. The second-order valence-corrected chi connectivity index (χ2v) is 7.59. The van der Waals surface area contributed by atoms with Crippen LogP contribution in [-0.2, 0) is 22.4 Å². The molecule has 1 fully saturated rings. The van der Waals surface area contributed by atoms with Crippen LogP contribution >= 0.6 is 0 Å². The average molecular weight is 435 g/mol. The molecule has 9 heteroatoms. The van der Waals surface area contributed by atoms with E-state index >= 15 is 0 Å². The Hall–Kier alpha value is -3.88. The van der Waals surface area contributed by atoms with E-state index in [2.05, 4.69) is 20.6 Å². The van der Waals surface area contributed by atoms with Gasteiger partial charge < -0.3 is 20.4 Å². The number of urea groups is 1. The highest BCUT2D eigenvalue weighted by molar-refractivity contribution is 6.05. The molecule has 1 saturated heterocycles. The molecule has 3 N–H and O–H groups in total. The minimum Gasteiger partial charge on any atom is -0.497 e. The topological polar surface area (TPSA) is 116 Å². The summed E-state index contributed by atoms with van der Waals surface area (Å²) in [5.41, 5.74) is 2.81. The molecular weight excluding hydrogens is 410 g/mol. The standard InChI is InChI=1S/C23H25N5O4/c1-32-16-8-6-15(7-9-16)11-13-28-22(30)19(27-23(28)31)14-21(29)24-12-10-20-25-17-4-2-3-5-18(17)26-20/h2-9,19H,10-14H2,1H3,(H,24,29)(H,25,26)(H,27,31)/t19-/m1/s1. The van der Waals surface area contributed by atoms with Gasteiger partial charge in [0.1, 0.15) is 17.6 Å². The molecule has 32 heavy (non-hydrogen) atoms. The number of aromatic nitrogens is 2. The second kappa shape index (κ2) is 9.51. The molecule has 0 saturated carbocycles. The molecule has 2 aromatic carbocycles. The Labute approximate surface area is 185 Å². The van der Waals surface area contributed by atoms with E-state index < -0.39 is 12.1 Å². The summed E-state index contributed by atoms with van der Waals surface area (Å²) in [4.78, 5) is 45.9. The van der Waals surface area contributed by atoms with Crippen molar-refractivity contribution in [2.45, 2.75) is 25.3 Å². The molecule has 0 spiro atoms. The molecular formula is C23H25N5O4. The number of para-hydroxylation sites is 2. The summed E-state index contributed by atoms with van der Waals surface area (Å²) in [5.74, 6) is 0.851. The van der Waals surface area contributed by atoms with Crippen molar-refractivity contribution >= 4 is 28.9 Å². The van der Waals surface area contributed by atoms with Gasteiger partial charge in [0.05, 0.1) is 24.6 Å². The lowest BCUT2D eigenvalue weighted by atomic mass is 10.1. The van der Waals surface area contributed by atoms with E-state index in [0.29, 0.717) is 19.4 Å². The molecule has 166 valence electrons. The normalized spacial score (nSPS) is 15.8. The number of ether oxygens (including phenoxy) is 1. The Kier molecular flexibility index (Phi) is 6.34. The fourth-order valence-corrected chi connectivity index (χ4v) is 3.66. The molecule has 0 unspecified atom stereocenters. The molecule has 0 aliphatic carbocycles.